The van der Waals surface area contributed by atoms with E-state index in [9.17, 15) is 9.59 Å². The van der Waals surface area contributed by atoms with E-state index in [1.807, 2.05) is 54.6 Å². The standard InChI is InChI=1S/C32H33N3O6/c1-38-25-11-9-19(15-27(25)40-3)13-14-34-18-29(36)35-24(32(34)37)17-22-21-7-5-6-8-23(21)33-30(22)31(35)20-10-12-26(39-2)28(16-20)41-4/h5-12,15-16,24,31,33H,13-14,17-18H2,1-4H3/t24-,31+/m0/s1. The summed E-state index contributed by atoms with van der Waals surface area (Å²) in [5, 5.41) is 1.07. The molecule has 212 valence electrons. The number of amides is 2. The molecule has 41 heavy (non-hydrogen) atoms. The van der Waals surface area contributed by atoms with Gasteiger partial charge in [0.2, 0.25) is 11.8 Å². The minimum Gasteiger partial charge on any atom is -0.493 e. The Morgan fingerprint density at radius 1 is 0.829 bits per heavy atom. The van der Waals surface area contributed by atoms with E-state index in [4.69, 9.17) is 18.9 Å². The second-order valence-electron chi connectivity index (χ2n) is 10.3. The van der Waals surface area contributed by atoms with E-state index in [0.717, 1.165) is 33.3 Å². The number of nitrogens with zero attached hydrogens (tertiary/aromatic N) is 2. The van der Waals surface area contributed by atoms with Crippen LogP contribution >= 0.6 is 0 Å². The molecule has 1 saturated heterocycles. The van der Waals surface area contributed by atoms with Gasteiger partial charge in [-0.05, 0) is 53.4 Å². The zero-order valence-corrected chi connectivity index (χ0v) is 23.6. The van der Waals surface area contributed by atoms with Gasteiger partial charge in [0, 0.05) is 29.6 Å². The van der Waals surface area contributed by atoms with Crippen LogP contribution in [0.3, 0.4) is 0 Å². The van der Waals surface area contributed by atoms with Crippen molar-refractivity contribution in [3.8, 4) is 23.0 Å². The summed E-state index contributed by atoms with van der Waals surface area (Å²) in [5.74, 6) is 2.31. The van der Waals surface area contributed by atoms with Gasteiger partial charge in [0.15, 0.2) is 23.0 Å². The first-order valence-corrected chi connectivity index (χ1v) is 13.6. The molecule has 2 aliphatic rings. The van der Waals surface area contributed by atoms with Crippen LogP contribution in [-0.2, 0) is 22.4 Å². The van der Waals surface area contributed by atoms with Crippen LogP contribution < -0.4 is 18.9 Å². The second-order valence-corrected chi connectivity index (χ2v) is 10.3. The molecule has 0 bridgehead atoms. The van der Waals surface area contributed by atoms with Gasteiger partial charge in [0.1, 0.15) is 6.04 Å². The predicted molar refractivity (Wildman–Crippen MR) is 154 cm³/mol. The number of methoxy groups -OCH3 is 4. The highest BCUT2D eigenvalue weighted by atomic mass is 16.5. The minimum absolute atomic E-state index is 0.0158. The normalized spacial score (nSPS) is 18.2. The third-order valence-corrected chi connectivity index (χ3v) is 8.18. The number of para-hydroxylation sites is 1. The molecule has 0 spiro atoms. The van der Waals surface area contributed by atoms with Crippen LogP contribution in [0.4, 0.5) is 0 Å². The quantitative estimate of drug-likeness (QED) is 0.352. The summed E-state index contributed by atoms with van der Waals surface area (Å²) < 4.78 is 21.8. The highest BCUT2D eigenvalue weighted by molar-refractivity contribution is 5.97. The van der Waals surface area contributed by atoms with Gasteiger partial charge in [0.05, 0.1) is 41.0 Å². The number of hydrogen-bond donors (Lipinski definition) is 1. The fraction of sp³-hybridized carbons (Fsp3) is 0.312. The molecule has 6 rings (SSSR count). The number of aromatic nitrogens is 1. The van der Waals surface area contributed by atoms with Crippen molar-refractivity contribution in [2.75, 3.05) is 41.5 Å². The summed E-state index contributed by atoms with van der Waals surface area (Å²) in [6.45, 7) is 0.439. The van der Waals surface area contributed by atoms with Crippen molar-refractivity contribution in [1.82, 2.24) is 14.8 Å². The maximum Gasteiger partial charge on any atom is 0.246 e. The zero-order valence-electron chi connectivity index (χ0n) is 23.6. The largest absolute Gasteiger partial charge is 0.493 e. The highest BCUT2D eigenvalue weighted by Gasteiger charge is 2.48. The lowest BCUT2D eigenvalue weighted by Gasteiger charge is -2.47. The van der Waals surface area contributed by atoms with E-state index in [1.54, 1.807) is 38.2 Å². The number of benzene rings is 3. The first-order valence-electron chi connectivity index (χ1n) is 13.6. The Balaban J connectivity index is 1.36. The van der Waals surface area contributed by atoms with Crippen molar-refractivity contribution in [2.24, 2.45) is 0 Å². The molecule has 1 fully saturated rings. The number of hydrogen-bond acceptors (Lipinski definition) is 6. The highest BCUT2D eigenvalue weighted by Crippen LogP contribution is 2.44. The van der Waals surface area contributed by atoms with Crippen molar-refractivity contribution in [3.63, 3.8) is 0 Å². The fourth-order valence-corrected chi connectivity index (χ4v) is 6.18. The third-order valence-electron chi connectivity index (χ3n) is 8.18. The maximum absolute atomic E-state index is 14.1. The number of nitrogens with one attached hydrogen (secondary N) is 1. The van der Waals surface area contributed by atoms with Crippen LogP contribution in [0.25, 0.3) is 10.9 Å². The second kappa shape index (κ2) is 10.7. The van der Waals surface area contributed by atoms with Gasteiger partial charge in [-0.1, -0.05) is 30.3 Å². The number of carbonyl (C=O) groups excluding carboxylic acids is 2. The van der Waals surface area contributed by atoms with E-state index < -0.39 is 12.1 Å². The first kappa shape index (κ1) is 26.6. The minimum atomic E-state index is -0.619. The van der Waals surface area contributed by atoms with Crippen molar-refractivity contribution in [2.45, 2.75) is 24.9 Å². The number of piperazine rings is 1. The zero-order chi connectivity index (χ0) is 28.7. The van der Waals surface area contributed by atoms with E-state index in [0.29, 0.717) is 42.4 Å². The average molecular weight is 556 g/mol. The Bertz CT molecular complexity index is 1630. The average Bonchev–Trinajstić information content (AvgIpc) is 3.38. The Morgan fingerprint density at radius 3 is 2.24 bits per heavy atom. The molecule has 2 atom stereocenters. The van der Waals surface area contributed by atoms with Crippen LogP contribution in [0.1, 0.15) is 28.4 Å². The van der Waals surface area contributed by atoms with Crippen LogP contribution in [0.15, 0.2) is 60.7 Å². The van der Waals surface area contributed by atoms with E-state index >= 15 is 0 Å². The molecule has 3 heterocycles. The summed E-state index contributed by atoms with van der Waals surface area (Å²) in [6, 6.07) is 18.4. The lowest BCUT2D eigenvalue weighted by atomic mass is 9.86. The smallest absolute Gasteiger partial charge is 0.246 e. The molecule has 9 nitrogen and oxygen atoms in total. The van der Waals surface area contributed by atoms with E-state index in [-0.39, 0.29) is 18.4 Å². The number of aromatic amines is 1. The van der Waals surface area contributed by atoms with Crippen LogP contribution in [0.5, 0.6) is 23.0 Å². The molecule has 9 heteroatoms. The number of fused-ring (bicyclic) bond motifs is 4. The molecule has 0 unspecified atom stereocenters. The molecule has 3 aromatic carbocycles. The monoisotopic (exact) mass is 555 g/mol. The van der Waals surface area contributed by atoms with Gasteiger partial charge in [-0.15, -0.1) is 0 Å². The SMILES string of the molecule is COc1ccc(CCN2CC(=O)N3[C@H](c4ccc(OC)c(OC)c4)c4[nH]c5ccccc5c4C[C@H]3C2=O)cc1OC. The summed E-state index contributed by atoms with van der Waals surface area (Å²) >= 11 is 0. The number of carbonyl (C=O) groups is 2. The Morgan fingerprint density at radius 2 is 1.51 bits per heavy atom. The summed E-state index contributed by atoms with van der Waals surface area (Å²) in [5.41, 5.74) is 4.81. The maximum atomic E-state index is 14.1. The van der Waals surface area contributed by atoms with Gasteiger partial charge in [-0.25, -0.2) is 0 Å². The van der Waals surface area contributed by atoms with Gasteiger partial charge in [-0.2, -0.15) is 0 Å². The van der Waals surface area contributed by atoms with Crippen molar-refractivity contribution >= 4 is 22.7 Å². The number of ether oxygens (including phenoxy) is 4. The molecular weight excluding hydrogens is 522 g/mol. The summed E-state index contributed by atoms with van der Waals surface area (Å²) in [4.78, 5) is 35.0. The fourth-order valence-electron chi connectivity index (χ4n) is 6.18. The molecular formula is C32H33N3O6. The Hall–Kier alpha value is -4.66. The van der Waals surface area contributed by atoms with Crippen molar-refractivity contribution < 1.29 is 28.5 Å². The van der Waals surface area contributed by atoms with Gasteiger partial charge < -0.3 is 33.7 Å². The van der Waals surface area contributed by atoms with Crippen LogP contribution in [0.2, 0.25) is 0 Å². The summed E-state index contributed by atoms with van der Waals surface area (Å²) in [7, 11) is 6.37. The third kappa shape index (κ3) is 4.51. The van der Waals surface area contributed by atoms with E-state index in [2.05, 4.69) is 11.1 Å². The lowest BCUT2D eigenvalue weighted by molar-refractivity contribution is -0.158. The van der Waals surface area contributed by atoms with Crippen LogP contribution in [-0.4, -0.2) is 74.2 Å². The Kier molecular flexibility index (Phi) is 6.95. The lowest BCUT2D eigenvalue weighted by Crippen LogP contribution is -2.63. The van der Waals surface area contributed by atoms with Gasteiger partial charge in [-0.3, -0.25) is 9.59 Å². The molecule has 1 aromatic heterocycles. The molecule has 2 amide bonds. The molecule has 0 aliphatic carbocycles. The predicted octanol–water partition coefficient (Wildman–Crippen LogP) is 4.13. The topological polar surface area (TPSA) is 93.3 Å². The first-order chi connectivity index (χ1) is 20.0. The number of rotatable bonds is 8. The number of H-pyrrole nitrogens is 1. The molecule has 4 aromatic rings. The van der Waals surface area contributed by atoms with Crippen molar-refractivity contribution in [1.29, 1.82) is 0 Å². The Labute approximate surface area is 238 Å². The molecule has 0 saturated carbocycles. The molecule has 2 aliphatic heterocycles. The molecule has 1 N–H and O–H groups in total. The van der Waals surface area contributed by atoms with Crippen molar-refractivity contribution in [3.05, 3.63) is 83.0 Å². The van der Waals surface area contributed by atoms with Gasteiger partial charge >= 0.3 is 0 Å². The van der Waals surface area contributed by atoms with Gasteiger partial charge in [0.25, 0.3) is 0 Å². The van der Waals surface area contributed by atoms with Crippen LogP contribution in [0, 0.1) is 0 Å². The summed E-state index contributed by atoms with van der Waals surface area (Å²) in [6.07, 6.45) is 1.03. The molecule has 0 radical (unpaired) electrons. The van der Waals surface area contributed by atoms with E-state index in [1.165, 1.54) is 0 Å².